The Morgan fingerprint density at radius 3 is 2.52 bits per heavy atom. The lowest BCUT2D eigenvalue weighted by Crippen LogP contribution is -2.34. The Balaban J connectivity index is 1.59. The van der Waals surface area contributed by atoms with E-state index in [1.165, 1.54) is 21.6 Å². The molecule has 0 aliphatic rings. The van der Waals surface area contributed by atoms with E-state index in [0.29, 0.717) is 13.1 Å². The third-order valence-corrected chi connectivity index (χ3v) is 4.87. The van der Waals surface area contributed by atoms with E-state index in [1.807, 2.05) is 53.7 Å². The van der Waals surface area contributed by atoms with Crippen LogP contribution in [0.4, 0.5) is 0 Å². The smallest absolute Gasteiger partial charge is 0.234 e. The zero-order valence-corrected chi connectivity index (χ0v) is 15.1. The minimum Gasteiger partial charge on any atom is -0.350 e. The van der Waals surface area contributed by atoms with E-state index < -0.39 is 0 Å². The Labute approximate surface area is 152 Å². The van der Waals surface area contributed by atoms with Gasteiger partial charge in [0.2, 0.25) is 5.91 Å². The fourth-order valence-corrected chi connectivity index (χ4v) is 3.45. The van der Waals surface area contributed by atoms with Crippen LogP contribution in [0.15, 0.2) is 72.1 Å². The average Bonchev–Trinajstić information content (AvgIpc) is 3.15. The summed E-state index contributed by atoms with van der Waals surface area (Å²) in [5, 5.41) is 5.00. The molecule has 3 nitrogen and oxygen atoms in total. The number of amides is 1. The second-order valence-corrected chi connectivity index (χ2v) is 7.08. The molecule has 25 heavy (non-hydrogen) atoms. The molecule has 0 aliphatic carbocycles. The third-order valence-electron chi connectivity index (χ3n) is 4.00. The van der Waals surface area contributed by atoms with Gasteiger partial charge in [-0.05, 0) is 35.2 Å². The number of hydrogen-bond donors (Lipinski definition) is 1. The van der Waals surface area contributed by atoms with Gasteiger partial charge in [0.25, 0.3) is 0 Å². The molecule has 1 amide bonds. The summed E-state index contributed by atoms with van der Waals surface area (Å²) in [4.78, 5) is 15.4. The fourth-order valence-electron chi connectivity index (χ4n) is 2.80. The summed E-state index contributed by atoms with van der Waals surface area (Å²) in [6, 6.07) is 22.8. The van der Waals surface area contributed by atoms with Gasteiger partial charge in [-0.25, -0.2) is 0 Å². The van der Waals surface area contributed by atoms with Crippen molar-refractivity contribution in [1.29, 1.82) is 0 Å². The zero-order valence-electron chi connectivity index (χ0n) is 14.3. The van der Waals surface area contributed by atoms with Crippen molar-refractivity contribution in [2.24, 2.45) is 0 Å². The van der Waals surface area contributed by atoms with Gasteiger partial charge in [0.05, 0.1) is 13.1 Å². The Bertz CT molecular complexity index is 800. The predicted octanol–water partition coefficient (Wildman–Crippen LogP) is 4.16. The highest BCUT2D eigenvalue weighted by molar-refractivity contribution is 7.09. The first kappa shape index (κ1) is 17.4. The summed E-state index contributed by atoms with van der Waals surface area (Å²) in [5.74, 6) is 0.0492. The summed E-state index contributed by atoms with van der Waals surface area (Å²) >= 11 is 1.66. The van der Waals surface area contributed by atoms with Gasteiger partial charge in [-0.2, -0.15) is 0 Å². The van der Waals surface area contributed by atoms with E-state index in [0.717, 1.165) is 6.54 Å². The van der Waals surface area contributed by atoms with Crippen LogP contribution in [-0.4, -0.2) is 24.4 Å². The molecule has 0 radical (unpaired) electrons. The number of rotatable bonds is 7. The van der Waals surface area contributed by atoms with Gasteiger partial charge < -0.3 is 5.32 Å². The van der Waals surface area contributed by atoms with Gasteiger partial charge in [-0.15, -0.1) is 11.3 Å². The number of nitrogens with one attached hydrogen (secondary N) is 1. The molecule has 0 saturated heterocycles. The minimum atomic E-state index is 0.0492. The molecule has 0 spiro atoms. The summed E-state index contributed by atoms with van der Waals surface area (Å²) in [7, 11) is 1.98. The van der Waals surface area contributed by atoms with E-state index in [4.69, 9.17) is 0 Å². The molecule has 1 heterocycles. The number of benzene rings is 2. The maximum absolute atomic E-state index is 12.1. The van der Waals surface area contributed by atoms with Gasteiger partial charge in [0.1, 0.15) is 0 Å². The Morgan fingerprint density at radius 2 is 1.76 bits per heavy atom. The molecule has 3 rings (SSSR count). The van der Waals surface area contributed by atoms with Crippen molar-refractivity contribution >= 4 is 17.2 Å². The maximum atomic E-state index is 12.1. The topological polar surface area (TPSA) is 32.3 Å². The molecule has 0 aliphatic heterocycles. The van der Waals surface area contributed by atoms with Crippen LogP contribution in [-0.2, 0) is 17.9 Å². The predicted molar refractivity (Wildman–Crippen MR) is 104 cm³/mol. The third kappa shape index (κ3) is 5.02. The van der Waals surface area contributed by atoms with Crippen molar-refractivity contribution in [2.45, 2.75) is 13.1 Å². The zero-order chi connectivity index (χ0) is 17.5. The van der Waals surface area contributed by atoms with Crippen molar-refractivity contribution in [2.75, 3.05) is 13.6 Å². The Hall–Kier alpha value is -2.43. The molecule has 0 unspecified atom stereocenters. The number of carbonyl (C=O) groups excluding carboxylic acids is 1. The van der Waals surface area contributed by atoms with Crippen LogP contribution in [0.2, 0.25) is 0 Å². The van der Waals surface area contributed by atoms with Crippen LogP contribution in [0.5, 0.6) is 0 Å². The second kappa shape index (κ2) is 8.60. The molecular formula is C21H22N2OS. The van der Waals surface area contributed by atoms with Gasteiger partial charge in [-0.1, -0.05) is 60.7 Å². The number of nitrogens with zero attached hydrogens (tertiary/aromatic N) is 1. The van der Waals surface area contributed by atoms with Crippen LogP contribution in [0.3, 0.4) is 0 Å². The van der Waals surface area contributed by atoms with E-state index in [1.54, 1.807) is 11.3 Å². The monoisotopic (exact) mass is 350 g/mol. The van der Waals surface area contributed by atoms with Crippen molar-refractivity contribution in [3.63, 3.8) is 0 Å². The van der Waals surface area contributed by atoms with Gasteiger partial charge >= 0.3 is 0 Å². The molecule has 0 saturated carbocycles. The number of hydrogen-bond acceptors (Lipinski definition) is 3. The molecule has 0 atom stereocenters. The average molecular weight is 350 g/mol. The highest BCUT2D eigenvalue weighted by atomic mass is 32.1. The van der Waals surface area contributed by atoms with Crippen molar-refractivity contribution < 1.29 is 4.79 Å². The van der Waals surface area contributed by atoms with E-state index in [9.17, 15) is 4.79 Å². The first-order valence-corrected chi connectivity index (χ1v) is 9.21. The van der Waals surface area contributed by atoms with Crippen molar-refractivity contribution in [3.8, 4) is 11.1 Å². The van der Waals surface area contributed by atoms with E-state index >= 15 is 0 Å². The standard InChI is InChI=1S/C21H22N2OS/c1-23(16-21(24)22-14-19-11-7-13-25-19)15-18-10-5-6-12-20(18)17-8-3-2-4-9-17/h2-13H,14-16H2,1H3,(H,22,24). The van der Waals surface area contributed by atoms with Crippen LogP contribution in [0.1, 0.15) is 10.4 Å². The molecule has 1 N–H and O–H groups in total. The minimum absolute atomic E-state index is 0.0492. The lowest BCUT2D eigenvalue weighted by atomic mass is 9.99. The van der Waals surface area contributed by atoms with Crippen molar-refractivity contribution in [1.82, 2.24) is 10.2 Å². The summed E-state index contributed by atoms with van der Waals surface area (Å²) in [6.45, 7) is 1.72. The fraction of sp³-hybridized carbons (Fsp3) is 0.190. The summed E-state index contributed by atoms with van der Waals surface area (Å²) in [5.41, 5.74) is 3.64. The number of likely N-dealkylation sites (N-methyl/N-ethyl adjacent to an activating group) is 1. The van der Waals surface area contributed by atoms with Crippen LogP contribution in [0.25, 0.3) is 11.1 Å². The molecule has 4 heteroatoms. The molecule has 128 valence electrons. The van der Waals surface area contributed by atoms with Crippen LogP contribution in [0, 0.1) is 0 Å². The first-order valence-electron chi connectivity index (χ1n) is 8.33. The highest BCUT2D eigenvalue weighted by Crippen LogP contribution is 2.24. The molecule has 2 aromatic carbocycles. The van der Waals surface area contributed by atoms with Gasteiger partial charge in [0, 0.05) is 11.4 Å². The molecule has 0 fully saturated rings. The Kier molecular flexibility index (Phi) is 5.99. The van der Waals surface area contributed by atoms with Gasteiger partial charge in [-0.3, -0.25) is 9.69 Å². The number of carbonyl (C=O) groups is 1. The number of thiophene rings is 1. The SMILES string of the molecule is CN(CC(=O)NCc1cccs1)Cc1ccccc1-c1ccccc1. The maximum Gasteiger partial charge on any atom is 0.234 e. The van der Waals surface area contributed by atoms with Crippen LogP contribution >= 0.6 is 11.3 Å². The van der Waals surface area contributed by atoms with Crippen LogP contribution < -0.4 is 5.32 Å². The molecule has 3 aromatic rings. The molecule has 0 bridgehead atoms. The highest BCUT2D eigenvalue weighted by Gasteiger charge is 2.10. The lowest BCUT2D eigenvalue weighted by molar-refractivity contribution is -0.122. The van der Waals surface area contributed by atoms with Gasteiger partial charge in [0.15, 0.2) is 0 Å². The molecular weight excluding hydrogens is 328 g/mol. The summed E-state index contributed by atoms with van der Waals surface area (Å²) in [6.07, 6.45) is 0. The molecule has 1 aromatic heterocycles. The van der Waals surface area contributed by atoms with E-state index in [-0.39, 0.29) is 5.91 Å². The second-order valence-electron chi connectivity index (χ2n) is 6.05. The van der Waals surface area contributed by atoms with Crippen molar-refractivity contribution in [3.05, 3.63) is 82.6 Å². The lowest BCUT2D eigenvalue weighted by Gasteiger charge is -2.18. The summed E-state index contributed by atoms with van der Waals surface area (Å²) < 4.78 is 0. The first-order chi connectivity index (χ1) is 12.2. The largest absolute Gasteiger partial charge is 0.350 e. The quantitative estimate of drug-likeness (QED) is 0.694. The van der Waals surface area contributed by atoms with E-state index in [2.05, 4.69) is 35.6 Å². The Morgan fingerprint density at radius 1 is 1.00 bits per heavy atom. The normalized spacial score (nSPS) is 10.8.